The van der Waals surface area contributed by atoms with Gasteiger partial charge in [-0.05, 0) is 109 Å². The van der Waals surface area contributed by atoms with Crippen molar-refractivity contribution in [3.05, 3.63) is 72.9 Å². The molecule has 0 saturated heterocycles. The molecule has 0 spiro atoms. The summed E-state index contributed by atoms with van der Waals surface area (Å²) in [6.07, 6.45) is 77.5. The number of allylic oxidation sites excluding steroid dienone is 12. The van der Waals surface area contributed by atoms with E-state index in [1.165, 1.54) is 173 Å². The quantitative estimate of drug-likeness (QED) is 0.0261. The van der Waals surface area contributed by atoms with E-state index in [1.54, 1.807) is 0 Å². The first-order valence-electron chi connectivity index (χ1n) is 30.9. The minimum Gasteiger partial charge on any atom is -0.462 e. The largest absolute Gasteiger partial charge is 0.462 e. The van der Waals surface area contributed by atoms with Crippen molar-refractivity contribution >= 4 is 17.9 Å². The molecule has 1 unspecified atom stereocenters. The average molecular weight is 1010 g/mol. The lowest BCUT2D eigenvalue weighted by Gasteiger charge is -2.18. The summed E-state index contributed by atoms with van der Waals surface area (Å²) >= 11 is 0. The van der Waals surface area contributed by atoms with E-state index >= 15 is 0 Å². The maximum absolute atomic E-state index is 12.9. The SMILES string of the molecule is CC/C=C\C/C=C\C/C=C\C/C=C\CCCCCCCCC(=O)OCC(COC(=O)CCCCCCC/C=C\CCCCCCCCC)OC(=O)CCCCCCCCC/C=C\CCCCCCCCCC. The highest BCUT2D eigenvalue weighted by Crippen LogP contribution is 2.16. The van der Waals surface area contributed by atoms with E-state index in [2.05, 4.69) is 93.7 Å². The Kier molecular flexibility index (Phi) is 57.8. The van der Waals surface area contributed by atoms with Crippen LogP contribution in [0.25, 0.3) is 0 Å². The standard InChI is InChI=1S/C66H116O6/c1-4-7-10-13-16-19-22-25-28-31-33-35-38-41-44-47-50-53-56-59-65(68)71-62-63(61-70-64(67)58-55-52-49-46-43-40-37-30-27-24-21-18-15-12-9-6-3)72-66(69)60-57-54-51-48-45-42-39-36-34-32-29-26-23-20-17-14-11-8-5-2/h7,10,16,19,25,28,30,32-35,37,63H,4-6,8-9,11-15,17-18,20-24,26-27,29,31,36,38-62H2,1-3H3/b10-7-,19-16-,28-25-,34-32-,35-33-,37-30-. The summed E-state index contributed by atoms with van der Waals surface area (Å²) < 4.78 is 16.9. The van der Waals surface area contributed by atoms with Crippen LogP contribution < -0.4 is 0 Å². The van der Waals surface area contributed by atoms with Crippen LogP contribution >= 0.6 is 0 Å². The highest BCUT2D eigenvalue weighted by Gasteiger charge is 2.19. The minimum atomic E-state index is -0.788. The lowest BCUT2D eigenvalue weighted by atomic mass is 10.1. The minimum absolute atomic E-state index is 0.0850. The third-order valence-corrected chi connectivity index (χ3v) is 13.4. The first kappa shape index (κ1) is 68.8. The molecule has 416 valence electrons. The molecule has 0 saturated carbocycles. The van der Waals surface area contributed by atoms with Crippen LogP contribution in [0.15, 0.2) is 72.9 Å². The van der Waals surface area contributed by atoms with Crippen molar-refractivity contribution in [1.29, 1.82) is 0 Å². The summed E-state index contributed by atoms with van der Waals surface area (Å²) in [7, 11) is 0. The molecule has 0 heterocycles. The Morgan fingerprint density at radius 2 is 0.542 bits per heavy atom. The van der Waals surface area contributed by atoms with Crippen molar-refractivity contribution in [2.45, 2.75) is 316 Å². The van der Waals surface area contributed by atoms with E-state index in [1.807, 2.05) is 0 Å². The van der Waals surface area contributed by atoms with Gasteiger partial charge in [0.05, 0.1) is 0 Å². The Bertz CT molecular complexity index is 1340. The highest BCUT2D eigenvalue weighted by molar-refractivity contribution is 5.71. The molecule has 0 bridgehead atoms. The van der Waals surface area contributed by atoms with Crippen molar-refractivity contribution in [2.75, 3.05) is 13.2 Å². The molecule has 6 heteroatoms. The predicted molar refractivity (Wildman–Crippen MR) is 311 cm³/mol. The van der Waals surface area contributed by atoms with E-state index < -0.39 is 6.10 Å². The number of rotatable bonds is 56. The molecule has 0 aromatic carbocycles. The van der Waals surface area contributed by atoms with Gasteiger partial charge in [-0.3, -0.25) is 14.4 Å². The Hall–Kier alpha value is -3.15. The number of carbonyl (C=O) groups excluding carboxylic acids is 3. The van der Waals surface area contributed by atoms with Gasteiger partial charge >= 0.3 is 17.9 Å². The van der Waals surface area contributed by atoms with Gasteiger partial charge in [-0.15, -0.1) is 0 Å². The first-order chi connectivity index (χ1) is 35.5. The summed E-state index contributed by atoms with van der Waals surface area (Å²) in [6.45, 7) is 6.53. The van der Waals surface area contributed by atoms with E-state index in [-0.39, 0.29) is 31.1 Å². The lowest BCUT2D eigenvalue weighted by Crippen LogP contribution is -2.30. The number of carbonyl (C=O) groups is 3. The zero-order valence-corrected chi connectivity index (χ0v) is 47.7. The summed E-state index contributed by atoms with van der Waals surface area (Å²) in [4.78, 5) is 38.3. The maximum Gasteiger partial charge on any atom is 0.306 e. The van der Waals surface area contributed by atoms with Gasteiger partial charge in [0.25, 0.3) is 0 Å². The molecule has 1 atom stereocenters. The fraction of sp³-hybridized carbons (Fsp3) is 0.773. The van der Waals surface area contributed by atoms with Gasteiger partial charge in [-0.1, -0.05) is 254 Å². The van der Waals surface area contributed by atoms with Gasteiger partial charge < -0.3 is 14.2 Å². The second kappa shape index (κ2) is 60.4. The zero-order chi connectivity index (χ0) is 52.2. The lowest BCUT2D eigenvalue weighted by molar-refractivity contribution is -0.167. The van der Waals surface area contributed by atoms with Crippen LogP contribution in [0, 0.1) is 0 Å². The van der Waals surface area contributed by atoms with Crippen LogP contribution in [0.1, 0.15) is 310 Å². The van der Waals surface area contributed by atoms with E-state index in [4.69, 9.17) is 14.2 Å². The molecule has 0 radical (unpaired) electrons. The summed E-state index contributed by atoms with van der Waals surface area (Å²) in [5, 5.41) is 0. The van der Waals surface area contributed by atoms with Gasteiger partial charge in [0.2, 0.25) is 0 Å². The number of hydrogen-bond acceptors (Lipinski definition) is 6. The molecule has 0 fully saturated rings. The topological polar surface area (TPSA) is 78.9 Å². The molecule has 0 aliphatic rings. The third-order valence-electron chi connectivity index (χ3n) is 13.4. The van der Waals surface area contributed by atoms with Crippen LogP contribution in [0.3, 0.4) is 0 Å². The molecule has 0 aliphatic carbocycles. The number of unbranched alkanes of at least 4 members (excludes halogenated alkanes) is 33. The van der Waals surface area contributed by atoms with Gasteiger partial charge in [0.15, 0.2) is 6.10 Å². The molecule has 0 N–H and O–H groups in total. The normalized spacial score (nSPS) is 12.5. The zero-order valence-electron chi connectivity index (χ0n) is 47.7. The smallest absolute Gasteiger partial charge is 0.306 e. The molecule has 0 aromatic heterocycles. The summed E-state index contributed by atoms with van der Waals surface area (Å²) in [5.74, 6) is -0.898. The second-order valence-corrected chi connectivity index (χ2v) is 20.6. The Morgan fingerprint density at radius 1 is 0.292 bits per heavy atom. The molecule has 0 aliphatic heterocycles. The number of ether oxygens (including phenoxy) is 3. The fourth-order valence-corrected chi connectivity index (χ4v) is 8.78. The fourth-order valence-electron chi connectivity index (χ4n) is 8.78. The van der Waals surface area contributed by atoms with E-state index in [0.717, 1.165) is 96.3 Å². The Balaban J connectivity index is 4.41. The predicted octanol–water partition coefficient (Wildman–Crippen LogP) is 20.9. The van der Waals surface area contributed by atoms with Gasteiger partial charge in [0, 0.05) is 19.3 Å². The van der Waals surface area contributed by atoms with Crippen LogP contribution in [-0.4, -0.2) is 37.2 Å². The van der Waals surface area contributed by atoms with Crippen molar-refractivity contribution in [1.82, 2.24) is 0 Å². The van der Waals surface area contributed by atoms with Crippen molar-refractivity contribution in [3.8, 4) is 0 Å². The van der Waals surface area contributed by atoms with Crippen LogP contribution in [0.5, 0.6) is 0 Å². The second-order valence-electron chi connectivity index (χ2n) is 20.6. The molecule has 6 nitrogen and oxygen atoms in total. The summed E-state index contributed by atoms with van der Waals surface area (Å²) in [5.41, 5.74) is 0. The third kappa shape index (κ3) is 57.7. The first-order valence-corrected chi connectivity index (χ1v) is 30.9. The Morgan fingerprint density at radius 3 is 0.861 bits per heavy atom. The molecule has 72 heavy (non-hydrogen) atoms. The molecule has 0 aromatic rings. The van der Waals surface area contributed by atoms with Crippen LogP contribution in [0.2, 0.25) is 0 Å². The van der Waals surface area contributed by atoms with Crippen LogP contribution in [0.4, 0.5) is 0 Å². The number of esters is 3. The van der Waals surface area contributed by atoms with Gasteiger partial charge in [-0.25, -0.2) is 0 Å². The molecular formula is C66H116O6. The average Bonchev–Trinajstić information content (AvgIpc) is 3.38. The Labute approximate surface area is 446 Å². The maximum atomic E-state index is 12.9. The van der Waals surface area contributed by atoms with Gasteiger partial charge in [-0.2, -0.15) is 0 Å². The van der Waals surface area contributed by atoms with Gasteiger partial charge in [0.1, 0.15) is 13.2 Å². The van der Waals surface area contributed by atoms with E-state index in [9.17, 15) is 14.4 Å². The van der Waals surface area contributed by atoms with E-state index in [0.29, 0.717) is 19.3 Å². The van der Waals surface area contributed by atoms with Crippen molar-refractivity contribution in [2.24, 2.45) is 0 Å². The van der Waals surface area contributed by atoms with Crippen LogP contribution in [-0.2, 0) is 28.6 Å². The van der Waals surface area contributed by atoms with Crippen molar-refractivity contribution in [3.63, 3.8) is 0 Å². The summed E-state index contributed by atoms with van der Waals surface area (Å²) in [6, 6.07) is 0. The van der Waals surface area contributed by atoms with Crippen molar-refractivity contribution < 1.29 is 28.6 Å². The number of hydrogen-bond donors (Lipinski definition) is 0. The molecule has 0 amide bonds. The molecule has 0 rings (SSSR count). The highest BCUT2D eigenvalue weighted by atomic mass is 16.6. The monoisotopic (exact) mass is 1000 g/mol. The molecular weight excluding hydrogens is 889 g/mol.